The summed E-state index contributed by atoms with van der Waals surface area (Å²) in [6.45, 7) is 0.0871. The third-order valence-corrected chi connectivity index (χ3v) is 3.88. The lowest BCUT2D eigenvalue weighted by atomic mass is 10.3. The molecule has 1 heterocycles. The number of hydrogen-bond donors (Lipinski definition) is 3. The fraction of sp³-hybridized carbons (Fsp3) is 0.0909. The van der Waals surface area contributed by atoms with Crippen LogP contribution in [0.1, 0.15) is 5.69 Å². The van der Waals surface area contributed by atoms with Crippen molar-refractivity contribution in [3.63, 3.8) is 0 Å². The molecular weight excluding hydrogens is 266 g/mol. The number of nitrogens with two attached hydrogens (primary N) is 1. The molecule has 4 N–H and O–H groups in total. The maximum Gasteiger partial charge on any atom is 0.243 e. The molecule has 0 aliphatic carbocycles. The maximum absolute atomic E-state index is 12.1. The summed E-state index contributed by atoms with van der Waals surface area (Å²) >= 11 is 0. The Kier molecular flexibility index (Phi) is 4.05. The minimum atomic E-state index is -3.65. The summed E-state index contributed by atoms with van der Waals surface area (Å²) in [6.07, 6.45) is 2.91. The molecule has 0 amide bonds. The van der Waals surface area contributed by atoms with Crippen molar-refractivity contribution in [3.8, 4) is 0 Å². The number of nitrogens with zero attached hydrogens (tertiary/aromatic N) is 2. The fourth-order valence-corrected chi connectivity index (χ4v) is 2.66. The zero-order chi connectivity index (χ0) is 13.7. The Hall–Kier alpha value is -2.03. The lowest BCUT2D eigenvalue weighted by Gasteiger charge is -2.10. The second-order valence-corrected chi connectivity index (χ2v) is 5.40. The monoisotopic (exact) mass is 279 g/mol. The van der Waals surface area contributed by atoms with E-state index in [4.69, 9.17) is 5.84 Å². The summed E-state index contributed by atoms with van der Waals surface area (Å²) in [6, 6.07) is 8.01. The van der Waals surface area contributed by atoms with Crippen LogP contribution in [0, 0.1) is 0 Å². The largest absolute Gasteiger partial charge is 0.323 e. The Morgan fingerprint density at radius 3 is 2.68 bits per heavy atom. The quantitative estimate of drug-likeness (QED) is 0.534. The number of sulfonamides is 1. The van der Waals surface area contributed by atoms with Crippen molar-refractivity contribution in [1.29, 1.82) is 0 Å². The van der Waals surface area contributed by atoms with Crippen molar-refractivity contribution < 1.29 is 8.42 Å². The molecule has 0 bridgehead atoms. The number of rotatable bonds is 5. The molecular formula is C11H13N5O2S. The van der Waals surface area contributed by atoms with Gasteiger partial charge in [0, 0.05) is 6.20 Å². The highest BCUT2D eigenvalue weighted by Crippen LogP contribution is 2.19. The number of aromatic nitrogens is 2. The van der Waals surface area contributed by atoms with Gasteiger partial charge in [0.2, 0.25) is 10.0 Å². The highest BCUT2D eigenvalue weighted by molar-refractivity contribution is 7.89. The molecule has 100 valence electrons. The summed E-state index contributed by atoms with van der Waals surface area (Å²) in [5.74, 6) is 5.29. The van der Waals surface area contributed by atoms with Crippen LogP contribution >= 0.6 is 0 Å². The SMILES string of the molecule is NNc1ccccc1S(=O)(=O)NCc1ccncn1. The number of hydrogen-bond acceptors (Lipinski definition) is 6. The van der Waals surface area contributed by atoms with E-state index >= 15 is 0 Å². The van der Waals surface area contributed by atoms with E-state index in [1.165, 1.54) is 12.4 Å². The minimum absolute atomic E-state index is 0.0871. The van der Waals surface area contributed by atoms with Crippen LogP contribution in [-0.4, -0.2) is 18.4 Å². The summed E-state index contributed by atoms with van der Waals surface area (Å²) in [7, 11) is -3.65. The Morgan fingerprint density at radius 2 is 2.00 bits per heavy atom. The zero-order valence-electron chi connectivity index (χ0n) is 9.95. The number of para-hydroxylation sites is 1. The maximum atomic E-state index is 12.1. The Bertz CT molecular complexity index is 645. The second-order valence-electron chi connectivity index (χ2n) is 3.67. The van der Waals surface area contributed by atoms with Crippen LogP contribution in [-0.2, 0) is 16.6 Å². The minimum Gasteiger partial charge on any atom is -0.323 e. The number of benzene rings is 1. The Balaban J connectivity index is 2.19. The summed E-state index contributed by atoms with van der Waals surface area (Å²) in [5, 5.41) is 0. The fourth-order valence-electron chi connectivity index (χ4n) is 1.49. The summed E-state index contributed by atoms with van der Waals surface area (Å²) in [4.78, 5) is 7.79. The van der Waals surface area contributed by atoms with E-state index in [0.717, 1.165) is 0 Å². The summed E-state index contributed by atoms with van der Waals surface area (Å²) < 4.78 is 26.7. The molecule has 7 nitrogen and oxygen atoms in total. The standard InChI is InChI=1S/C11H13N5O2S/c12-16-10-3-1-2-4-11(10)19(17,18)15-7-9-5-6-13-8-14-9/h1-6,8,15-16H,7,12H2. The van der Waals surface area contributed by atoms with E-state index in [0.29, 0.717) is 11.4 Å². The smallest absolute Gasteiger partial charge is 0.243 e. The van der Waals surface area contributed by atoms with Gasteiger partial charge in [0.25, 0.3) is 0 Å². The van der Waals surface area contributed by atoms with Crippen LogP contribution in [0.2, 0.25) is 0 Å². The van der Waals surface area contributed by atoms with Crippen molar-refractivity contribution in [2.45, 2.75) is 11.4 Å². The van der Waals surface area contributed by atoms with E-state index in [9.17, 15) is 8.42 Å². The second kappa shape index (κ2) is 5.74. The average Bonchev–Trinajstić information content (AvgIpc) is 2.46. The molecule has 19 heavy (non-hydrogen) atoms. The van der Waals surface area contributed by atoms with Crippen LogP contribution in [0.3, 0.4) is 0 Å². The van der Waals surface area contributed by atoms with Crippen LogP contribution < -0.4 is 16.0 Å². The first-order chi connectivity index (χ1) is 9.13. The zero-order valence-corrected chi connectivity index (χ0v) is 10.8. The first kappa shape index (κ1) is 13.4. The third kappa shape index (κ3) is 3.25. The van der Waals surface area contributed by atoms with Gasteiger partial charge in [-0.3, -0.25) is 5.84 Å². The van der Waals surface area contributed by atoms with E-state index in [-0.39, 0.29) is 11.4 Å². The molecule has 2 aromatic rings. The molecule has 0 aliphatic heterocycles. The summed E-state index contributed by atoms with van der Waals surface area (Å²) in [5.41, 5.74) is 3.27. The number of anilines is 1. The average molecular weight is 279 g/mol. The molecule has 2 rings (SSSR count). The van der Waals surface area contributed by atoms with Gasteiger partial charge in [0.1, 0.15) is 11.2 Å². The molecule has 8 heteroatoms. The van der Waals surface area contributed by atoms with Gasteiger partial charge in [-0.05, 0) is 18.2 Å². The van der Waals surface area contributed by atoms with Crippen molar-refractivity contribution in [2.75, 3.05) is 5.43 Å². The van der Waals surface area contributed by atoms with E-state index in [2.05, 4.69) is 20.1 Å². The number of nitrogen functional groups attached to an aromatic ring is 1. The van der Waals surface area contributed by atoms with Gasteiger partial charge in [-0.25, -0.2) is 23.1 Å². The van der Waals surface area contributed by atoms with E-state index < -0.39 is 10.0 Å². The molecule has 1 aromatic carbocycles. The first-order valence-electron chi connectivity index (χ1n) is 5.43. The van der Waals surface area contributed by atoms with Gasteiger partial charge in [0.15, 0.2) is 0 Å². The molecule has 0 fully saturated rings. The molecule has 0 saturated carbocycles. The first-order valence-corrected chi connectivity index (χ1v) is 6.92. The third-order valence-electron chi connectivity index (χ3n) is 2.42. The molecule has 0 radical (unpaired) electrons. The topological polar surface area (TPSA) is 110 Å². The van der Waals surface area contributed by atoms with Crippen LogP contribution in [0.25, 0.3) is 0 Å². The molecule has 1 aromatic heterocycles. The number of nitrogens with one attached hydrogen (secondary N) is 2. The van der Waals surface area contributed by atoms with Gasteiger partial charge in [0.05, 0.1) is 17.9 Å². The van der Waals surface area contributed by atoms with E-state index in [1.54, 1.807) is 30.5 Å². The lowest BCUT2D eigenvalue weighted by Crippen LogP contribution is -2.25. The van der Waals surface area contributed by atoms with Crippen LogP contribution in [0.15, 0.2) is 47.8 Å². The lowest BCUT2D eigenvalue weighted by molar-refractivity contribution is 0.580. The van der Waals surface area contributed by atoms with Gasteiger partial charge < -0.3 is 5.43 Å². The molecule has 0 spiro atoms. The highest BCUT2D eigenvalue weighted by atomic mass is 32.2. The highest BCUT2D eigenvalue weighted by Gasteiger charge is 2.17. The normalized spacial score (nSPS) is 11.2. The predicted octanol–water partition coefficient (Wildman–Crippen LogP) is 0.241. The van der Waals surface area contributed by atoms with Gasteiger partial charge in [-0.2, -0.15) is 0 Å². The van der Waals surface area contributed by atoms with Crippen molar-refractivity contribution in [1.82, 2.24) is 14.7 Å². The van der Waals surface area contributed by atoms with Gasteiger partial charge in [-0.15, -0.1) is 0 Å². The van der Waals surface area contributed by atoms with Gasteiger partial charge >= 0.3 is 0 Å². The van der Waals surface area contributed by atoms with Crippen molar-refractivity contribution in [2.24, 2.45) is 5.84 Å². The number of hydrazine groups is 1. The molecule has 0 unspecified atom stereocenters. The van der Waals surface area contributed by atoms with Crippen molar-refractivity contribution in [3.05, 3.63) is 48.5 Å². The Morgan fingerprint density at radius 1 is 1.21 bits per heavy atom. The molecule has 0 aliphatic rings. The van der Waals surface area contributed by atoms with E-state index in [1.807, 2.05) is 0 Å². The molecule has 0 atom stereocenters. The molecule has 0 saturated heterocycles. The van der Waals surface area contributed by atoms with Crippen molar-refractivity contribution >= 4 is 15.7 Å². The Labute approximate surface area is 110 Å². The predicted molar refractivity (Wildman–Crippen MR) is 70.3 cm³/mol. The van der Waals surface area contributed by atoms with Crippen LogP contribution in [0.5, 0.6) is 0 Å². The van der Waals surface area contributed by atoms with Gasteiger partial charge in [-0.1, -0.05) is 12.1 Å². The van der Waals surface area contributed by atoms with Crippen LogP contribution in [0.4, 0.5) is 5.69 Å².